The lowest BCUT2D eigenvalue weighted by Crippen LogP contribution is -2.36. The van der Waals surface area contributed by atoms with Crippen LogP contribution in [-0.2, 0) is 0 Å². The zero-order valence-corrected chi connectivity index (χ0v) is 13.2. The summed E-state index contributed by atoms with van der Waals surface area (Å²) in [6.45, 7) is 2.25. The van der Waals surface area contributed by atoms with Gasteiger partial charge in [0, 0.05) is 0 Å². The van der Waals surface area contributed by atoms with Gasteiger partial charge in [-0.25, -0.2) is 0 Å². The van der Waals surface area contributed by atoms with Crippen molar-refractivity contribution < 1.29 is 4.74 Å². The molecule has 21 heavy (non-hydrogen) atoms. The minimum atomic E-state index is -0.447. The molecule has 1 aromatic carbocycles. The molecule has 1 aromatic rings. The number of rotatable bonds is 5. The van der Waals surface area contributed by atoms with Gasteiger partial charge in [-0.05, 0) is 43.7 Å². The van der Waals surface area contributed by atoms with Gasteiger partial charge in [-0.15, -0.1) is 0 Å². The van der Waals surface area contributed by atoms with Gasteiger partial charge >= 0.3 is 0 Å². The Bertz CT molecular complexity index is 494. The minimum Gasteiger partial charge on any atom is -0.495 e. The van der Waals surface area contributed by atoms with Crippen molar-refractivity contribution in [3.63, 3.8) is 0 Å². The number of hydrogen-bond acceptors (Lipinski definition) is 3. The van der Waals surface area contributed by atoms with Crippen LogP contribution >= 0.6 is 0 Å². The zero-order chi connectivity index (χ0) is 15.1. The SMILES string of the molecule is CCCC1CCCC(C#N)(Nc2ccccc2OC)CC1. The van der Waals surface area contributed by atoms with Gasteiger partial charge in [-0.3, -0.25) is 0 Å². The van der Waals surface area contributed by atoms with E-state index in [2.05, 4.69) is 18.3 Å². The first-order chi connectivity index (χ1) is 10.2. The summed E-state index contributed by atoms with van der Waals surface area (Å²) in [4.78, 5) is 0. The lowest BCUT2D eigenvalue weighted by atomic mass is 9.90. The van der Waals surface area contributed by atoms with Gasteiger partial charge in [-0.2, -0.15) is 5.26 Å². The van der Waals surface area contributed by atoms with Crippen LogP contribution < -0.4 is 10.1 Å². The van der Waals surface area contributed by atoms with Gasteiger partial charge in [0.1, 0.15) is 11.3 Å². The van der Waals surface area contributed by atoms with E-state index in [0.717, 1.165) is 43.0 Å². The maximum Gasteiger partial charge on any atom is 0.141 e. The third-order valence-corrected chi connectivity index (χ3v) is 4.59. The average Bonchev–Trinajstić information content (AvgIpc) is 2.72. The maximum absolute atomic E-state index is 9.75. The van der Waals surface area contributed by atoms with Crippen molar-refractivity contribution in [1.29, 1.82) is 5.26 Å². The minimum absolute atomic E-state index is 0.447. The van der Waals surface area contributed by atoms with Crippen LogP contribution in [0.5, 0.6) is 5.75 Å². The van der Waals surface area contributed by atoms with Gasteiger partial charge in [0.25, 0.3) is 0 Å². The molecule has 0 amide bonds. The Hall–Kier alpha value is -1.69. The van der Waals surface area contributed by atoms with Gasteiger partial charge < -0.3 is 10.1 Å². The van der Waals surface area contributed by atoms with Crippen molar-refractivity contribution in [2.75, 3.05) is 12.4 Å². The normalized spacial score (nSPS) is 25.7. The largest absolute Gasteiger partial charge is 0.495 e. The number of ether oxygens (including phenoxy) is 1. The van der Waals surface area contributed by atoms with E-state index in [0.29, 0.717) is 0 Å². The Labute approximate surface area is 128 Å². The lowest BCUT2D eigenvalue weighted by Gasteiger charge is -2.28. The molecule has 0 saturated heterocycles. The van der Waals surface area contributed by atoms with Crippen LogP contribution in [0.3, 0.4) is 0 Å². The Balaban J connectivity index is 2.13. The summed E-state index contributed by atoms with van der Waals surface area (Å²) in [6, 6.07) is 10.4. The molecule has 3 heteroatoms. The van der Waals surface area contributed by atoms with E-state index < -0.39 is 5.54 Å². The highest BCUT2D eigenvalue weighted by atomic mass is 16.5. The fourth-order valence-electron chi connectivity index (χ4n) is 3.38. The summed E-state index contributed by atoms with van der Waals surface area (Å²) < 4.78 is 5.40. The van der Waals surface area contributed by atoms with E-state index in [9.17, 15) is 5.26 Å². The van der Waals surface area contributed by atoms with Crippen LogP contribution in [0.4, 0.5) is 5.69 Å². The highest BCUT2D eigenvalue weighted by Crippen LogP contribution is 2.36. The Morgan fingerprint density at radius 2 is 2.14 bits per heavy atom. The topological polar surface area (TPSA) is 45.0 Å². The Kier molecular flexibility index (Phi) is 5.50. The lowest BCUT2D eigenvalue weighted by molar-refractivity contribution is 0.409. The Morgan fingerprint density at radius 1 is 1.33 bits per heavy atom. The first-order valence-corrected chi connectivity index (χ1v) is 8.05. The van der Waals surface area contributed by atoms with Crippen molar-refractivity contribution in [3.05, 3.63) is 24.3 Å². The van der Waals surface area contributed by atoms with E-state index in [1.54, 1.807) is 7.11 Å². The molecule has 0 aliphatic heterocycles. The van der Waals surface area contributed by atoms with Crippen LogP contribution in [-0.4, -0.2) is 12.6 Å². The molecule has 0 aromatic heterocycles. The summed E-state index contributed by atoms with van der Waals surface area (Å²) in [7, 11) is 1.67. The molecular formula is C18H26N2O. The molecule has 1 aliphatic rings. The number of anilines is 1. The second-order valence-corrected chi connectivity index (χ2v) is 6.10. The first kappa shape index (κ1) is 15.7. The van der Waals surface area contributed by atoms with Crippen LogP contribution in [0.25, 0.3) is 0 Å². The number of methoxy groups -OCH3 is 1. The molecule has 3 nitrogen and oxygen atoms in total. The molecule has 2 unspecified atom stereocenters. The molecule has 1 aliphatic carbocycles. The van der Waals surface area contributed by atoms with E-state index in [1.165, 1.54) is 19.3 Å². The standard InChI is InChI=1S/C18H26N2O/c1-3-7-15-8-6-12-18(14-19,13-11-15)20-16-9-4-5-10-17(16)21-2/h4-5,9-10,15,20H,3,6-8,11-13H2,1-2H3. The van der Waals surface area contributed by atoms with Crippen LogP contribution in [0, 0.1) is 17.2 Å². The van der Waals surface area contributed by atoms with Crippen molar-refractivity contribution in [2.45, 2.75) is 57.4 Å². The predicted octanol–water partition coefficient (Wildman–Crippen LogP) is 4.75. The third-order valence-electron chi connectivity index (χ3n) is 4.59. The number of benzene rings is 1. The number of hydrogen-bond donors (Lipinski definition) is 1. The molecule has 1 fully saturated rings. The number of nitrogens with one attached hydrogen (secondary N) is 1. The highest BCUT2D eigenvalue weighted by molar-refractivity contribution is 5.58. The fourth-order valence-corrected chi connectivity index (χ4v) is 3.38. The highest BCUT2D eigenvalue weighted by Gasteiger charge is 2.33. The van der Waals surface area contributed by atoms with Gasteiger partial charge in [0.05, 0.1) is 18.9 Å². The summed E-state index contributed by atoms with van der Waals surface area (Å²) in [5.74, 6) is 1.59. The van der Waals surface area contributed by atoms with Crippen LogP contribution in [0.1, 0.15) is 51.9 Å². The molecule has 0 radical (unpaired) electrons. The molecule has 2 rings (SSSR count). The number of para-hydroxylation sites is 2. The monoisotopic (exact) mass is 286 g/mol. The molecule has 1 N–H and O–H groups in total. The predicted molar refractivity (Wildman–Crippen MR) is 86.4 cm³/mol. The molecule has 1 saturated carbocycles. The maximum atomic E-state index is 9.75. The van der Waals surface area contributed by atoms with E-state index >= 15 is 0 Å². The summed E-state index contributed by atoms with van der Waals surface area (Å²) in [6.07, 6.45) is 7.89. The zero-order valence-electron chi connectivity index (χ0n) is 13.2. The third kappa shape index (κ3) is 3.91. The van der Waals surface area contributed by atoms with Crippen LogP contribution in [0.15, 0.2) is 24.3 Å². The number of nitrogens with zero attached hydrogens (tertiary/aromatic N) is 1. The second kappa shape index (κ2) is 7.36. The van der Waals surface area contributed by atoms with E-state index in [4.69, 9.17) is 4.74 Å². The summed E-state index contributed by atoms with van der Waals surface area (Å²) >= 11 is 0. The first-order valence-electron chi connectivity index (χ1n) is 8.05. The Morgan fingerprint density at radius 3 is 2.86 bits per heavy atom. The van der Waals surface area contributed by atoms with Crippen molar-refractivity contribution in [1.82, 2.24) is 0 Å². The van der Waals surface area contributed by atoms with E-state index in [-0.39, 0.29) is 0 Å². The fraction of sp³-hybridized carbons (Fsp3) is 0.611. The molecule has 2 atom stereocenters. The molecule has 0 spiro atoms. The van der Waals surface area contributed by atoms with Crippen molar-refractivity contribution in [2.24, 2.45) is 5.92 Å². The molecular weight excluding hydrogens is 260 g/mol. The van der Waals surface area contributed by atoms with Crippen molar-refractivity contribution >= 4 is 5.69 Å². The van der Waals surface area contributed by atoms with Gasteiger partial charge in [0.2, 0.25) is 0 Å². The number of nitriles is 1. The summed E-state index contributed by atoms with van der Waals surface area (Å²) in [5.41, 5.74) is 0.479. The quantitative estimate of drug-likeness (QED) is 0.794. The van der Waals surface area contributed by atoms with E-state index in [1.807, 2.05) is 24.3 Å². The van der Waals surface area contributed by atoms with Crippen LogP contribution in [0.2, 0.25) is 0 Å². The molecule has 114 valence electrons. The summed E-state index contributed by atoms with van der Waals surface area (Å²) in [5, 5.41) is 13.2. The second-order valence-electron chi connectivity index (χ2n) is 6.10. The smallest absolute Gasteiger partial charge is 0.141 e. The molecule has 0 heterocycles. The van der Waals surface area contributed by atoms with Gasteiger partial charge in [0.15, 0.2) is 0 Å². The van der Waals surface area contributed by atoms with Gasteiger partial charge in [-0.1, -0.05) is 38.3 Å². The molecule has 0 bridgehead atoms. The van der Waals surface area contributed by atoms with Crippen molar-refractivity contribution in [3.8, 4) is 11.8 Å². The average molecular weight is 286 g/mol.